The number of ketones is 1. The highest BCUT2D eigenvalue weighted by Crippen LogP contribution is 2.27. The van der Waals surface area contributed by atoms with E-state index in [0.717, 1.165) is 12.3 Å². The average Bonchev–Trinajstić information content (AvgIpc) is 2.20. The molecule has 0 aliphatic heterocycles. The van der Waals surface area contributed by atoms with Gasteiger partial charge in [0.25, 0.3) is 3.79 Å². The van der Waals surface area contributed by atoms with Gasteiger partial charge in [0.05, 0.1) is 0 Å². The number of carbonyl (C=O) groups is 3. The average molecular weight is 318 g/mol. The van der Waals surface area contributed by atoms with Gasteiger partial charge in [0.2, 0.25) is 11.7 Å². The zero-order valence-corrected chi connectivity index (χ0v) is 11.3. The van der Waals surface area contributed by atoms with Crippen molar-refractivity contribution in [2.24, 2.45) is 5.73 Å². The molecule has 0 bridgehead atoms. The monoisotopic (exact) mass is 316 g/mol. The minimum Gasteiger partial charge on any atom is -0.480 e. The number of halogens is 3. The summed E-state index contributed by atoms with van der Waals surface area (Å²) in [5.74, 6) is -2.63. The number of alkyl halides is 3. The first-order valence-electron chi connectivity index (χ1n) is 4.69. The largest absolute Gasteiger partial charge is 0.480 e. The van der Waals surface area contributed by atoms with E-state index in [2.05, 4.69) is 5.32 Å². The molecule has 4 N–H and O–H groups in total. The molecule has 0 aromatic carbocycles. The van der Waals surface area contributed by atoms with Gasteiger partial charge in [0.1, 0.15) is 6.04 Å². The third-order valence-corrected chi connectivity index (χ3v) is 2.35. The molecule has 0 spiro atoms. The molecule has 1 atom stereocenters. The molecule has 102 valence electrons. The van der Waals surface area contributed by atoms with Gasteiger partial charge in [0.15, 0.2) is 0 Å². The van der Waals surface area contributed by atoms with Crippen LogP contribution >= 0.6 is 34.8 Å². The number of hydrogen-bond acceptors (Lipinski definition) is 4. The summed E-state index contributed by atoms with van der Waals surface area (Å²) in [5.41, 5.74) is 4.89. The lowest BCUT2D eigenvalue weighted by molar-refractivity contribution is -0.139. The lowest BCUT2D eigenvalue weighted by Crippen LogP contribution is -2.34. The predicted octanol–water partition coefficient (Wildman–Crippen LogP) is 0.748. The second kappa shape index (κ2) is 7.45. The van der Waals surface area contributed by atoms with Gasteiger partial charge in [0, 0.05) is 18.7 Å². The summed E-state index contributed by atoms with van der Waals surface area (Å²) in [6.07, 6.45) is 1.82. The molecule has 0 radical (unpaired) electrons. The van der Waals surface area contributed by atoms with Crippen LogP contribution in [0.15, 0.2) is 12.3 Å². The summed E-state index contributed by atoms with van der Waals surface area (Å²) in [6.45, 7) is 0. The number of nitrogens with one attached hydrogen (secondary N) is 1. The van der Waals surface area contributed by atoms with Crippen LogP contribution in [0, 0.1) is 0 Å². The van der Waals surface area contributed by atoms with Crippen molar-refractivity contribution < 1.29 is 19.5 Å². The van der Waals surface area contributed by atoms with E-state index in [1.54, 1.807) is 0 Å². The van der Waals surface area contributed by atoms with Crippen molar-refractivity contribution in [3.63, 3.8) is 0 Å². The molecule has 0 rings (SSSR count). The fourth-order valence-electron chi connectivity index (χ4n) is 0.899. The fraction of sp³-hybridized carbons (Fsp3) is 0.444. The van der Waals surface area contributed by atoms with Crippen LogP contribution in [0.25, 0.3) is 0 Å². The quantitative estimate of drug-likeness (QED) is 0.474. The van der Waals surface area contributed by atoms with Gasteiger partial charge in [-0.15, -0.1) is 0 Å². The highest BCUT2D eigenvalue weighted by molar-refractivity contribution is 6.77. The summed E-state index contributed by atoms with van der Waals surface area (Å²) in [7, 11) is 0. The normalized spacial score (nSPS) is 13.3. The van der Waals surface area contributed by atoms with Crippen molar-refractivity contribution in [2.75, 3.05) is 0 Å². The first kappa shape index (κ1) is 17.0. The minimum absolute atomic E-state index is 0.0169. The molecule has 1 amide bonds. The SMILES string of the molecule is NC(=O)CCC(N/C=C/C(=O)C(Cl)(Cl)Cl)C(=O)O. The van der Waals surface area contributed by atoms with E-state index in [1.165, 1.54) is 0 Å². The van der Waals surface area contributed by atoms with Gasteiger partial charge in [-0.1, -0.05) is 34.8 Å². The molecular weight excluding hydrogens is 306 g/mol. The number of allylic oxidation sites excluding steroid dienone is 1. The second-order valence-electron chi connectivity index (χ2n) is 3.26. The predicted molar refractivity (Wildman–Crippen MR) is 67.4 cm³/mol. The number of nitrogens with two attached hydrogens (primary N) is 1. The second-order valence-corrected chi connectivity index (χ2v) is 5.54. The summed E-state index contributed by atoms with van der Waals surface area (Å²) < 4.78 is -2.09. The van der Waals surface area contributed by atoms with Crippen molar-refractivity contribution in [2.45, 2.75) is 22.7 Å². The number of carboxylic acids is 1. The number of aliphatic carboxylic acids is 1. The number of carboxylic acid groups (broad SMARTS) is 1. The standard InChI is InChI=1S/C9H11Cl3N2O4/c10-9(11,12)6(15)3-4-14-5(8(17)18)1-2-7(13)16/h3-5,14H,1-2H2,(H2,13,16)(H,17,18)/b4-3+. The zero-order chi connectivity index (χ0) is 14.3. The Morgan fingerprint density at radius 3 is 2.28 bits per heavy atom. The highest BCUT2D eigenvalue weighted by atomic mass is 35.6. The Bertz CT molecular complexity index is 365. The van der Waals surface area contributed by atoms with Crippen molar-refractivity contribution in [1.82, 2.24) is 5.32 Å². The molecule has 6 nitrogen and oxygen atoms in total. The van der Waals surface area contributed by atoms with Gasteiger partial charge in [-0.25, -0.2) is 4.79 Å². The molecule has 0 saturated heterocycles. The van der Waals surface area contributed by atoms with E-state index >= 15 is 0 Å². The first-order chi connectivity index (χ1) is 8.14. The topological polar surface area (TPSA) is 109 Å². The van der Waals surface area contributed by atoms with Crippen molar-refractivity contribution in [3.8, 4) is 0 Å². The Labute approximate surface area is 118 Å². The van der Waals surface area contributed by atoms with Crippen LogP contribution in [-0.4, -0.2) is 32.6 Å². The maximum atomic E-state index is 11.1. The Morgan fingerprint density at radius 1 is 1.33 bits per heavy atom. The summed E-state index contributed by atoms with van der Waals surface area (Å²) >= 11 is 15.9. The van der Waals surface area contributed by atoms with Crippen LogP contribution in [0.5, 0.6) is 0 Å². The Morgan fingerprint density at radius 2 is 1.89 bits per heavy atom. The van der Waals surface area contributed by atoms with Crippen molar-refractivity contribution in [1.29, 1.82) is 0 Å². The smallest absolute Gasteiger partial charge is 0.326 e. The fourth-order valence-corrected chi connectivity index (χ4v) is 1.09. The molecule has 1 unspecified atom stereocenters. The van der Waals surface area contributed by atoms with E-state index in [-0.39, 0.29) is 12.8 Å². The molecule has 0 heterocycles. The molecule has 0 saturated carbocycles. The summed E-state index contributed by atoms with van der Waals surface area (Å²) in [4.78, 5) is 32.4. The number of primary amides is 1. The van der Waals surface area contributed by atoms with Crippen LogP contribution < -0.4 is 11.1 Å². The maximum Gasteiger partial charge on any atom is 0.326 e. The zero-order valence-electron chi connectivity index (χ0n) is 9.03. The van der Waals surface area contributed by atoms with Crippen LogP contribution in [0.3, 0.4) is 0 Å². The summed E-state index contributed by atoms with van der Waals surface area (Å²) in [6, 6.07) is -1.06. The van der Waals surface area contributed by atoms with Crippen molar-refractivity contribution >= 4 is 52.5 Å². The van der Waals surface area contributed by atoms with Crippen LogP contribution in [-0.2, 0) is 14.4 Å². The molecule has 0 fully saturated rings. The van der Waals surface area contributed by atoms with E-state index in [1.807, 2.05) is 0 Å². The van der Waals surface area contributed by atoms with Crippen LogP contribution in [0.1, 0.15) is 12.8 Å². The van der Waals surface area contributed by atoms with E-state index in [9.17, 15) is 14.4 Å². The lowest BCUT2D eigenvalue weighted by Gasteiger charge is -2.11. The third kappa shape index (κ3) is 7.37. The van der Waals surface area contributed by atoms with Gasteiger partial charge in [-0.2, -0.15) is 0 Å². The van der Waals surface area contributed by atoms with Gasteiger partial charge in [-0.05, 0) is 6.42 Å². The van der Waals surface area contributed by atoms with Gasteiger partial charge >= 0.3 is 5.97 Å². The third-order valence-electron chi connectivity index (χ3n) is 1.79. The number of hydrogen-bond donors (Lipinski definition) is 3. The molecule has 0 aliphatic carbocycles. The Hall–Kier alpha value is -0.980. The number of amides is 1. The molecule has 9 heteroatoms. The molecule has 0 aliphatic rings. The van der Waals surface area contributed by atoms with Crippen LogP contribution in [0.4, 0.5) is 0 Å². The van der Waals surface area contributed by atoms with Gasteiger partial charge < -0.3 is 16.2 Å². The maximum absolute atomic E-state index is 11.1. The van der Waals surface area contributed by atoms with E-state index in [0.29, 0.717) is 0 Å². The summed E-state index contributed by atoms with van der Waals surface area (Å²) in [5, 5.41) is 11.2. The molecule has 0 aromatic rings. The van der Waals surface area contributed by atoms with E-state index in [4.69, 9.17) is 45.6 Å². The Balaban J connectivity index is 4.36. The number of carbonyl (C=O) groups excluding carboxylic acids is 2. The van der Waals surface area contributed by atoms with Crippen molar-refractivity contribution in [3.05, 3.63) is 12.3 Å². The van der Waals surface area contributed by atoms with Crippen LogP contribution in [0.2, 0.25) is 0 Å². The molecule has 18 heavy (non-hydrogen) atoms. The highest BCUT2D eigenvalue weighted by Gasteiger charge is 2.28. The first-order valence-corrected chi connectivity index (χ1v) is 5.83. The minimum atomic E-state index is -2.09. The van der Waals surface area contributed by atoms with Gasteiger partial charge in [-0.3, -0.25) is 9.59 Å². The Kier molecular flexibility index (Phi) is 7.05. The van der Waals surface area contributed by atoms with E-state index < -0.39 is 27.5 Å². The lowest BCUT2D eigenvalue weighted by atomic mass is 10.1. The molecular formula is C9H11Cl3N2O4. The number of rotatable bonds is 7. The molecule has 0 aromatic heterocycles.